The normalized spacial score (nSPS) is 34.2. The molecule has 5 aliphatic heterocycles. The van der Waals surface area contributed by atoms with Crippen LogP contribution < -0.4 is 5.32 Å². The van der Waals surface area contributed by atoms with Crippen molar-refractivity contribution in [2.24, 2.45) is 40.4 Å². The highest BCUT2D eigenvalue weighted by atomic mass is 32.1. The maximum atomic E-state index is 14.5. The first-order chi connectivity index (χ1) is 21.6. The van der Waals surface area contributed by atoms with Gasteiger partial charge >= 0.3 is 0 Å². The van der Waals surface area contributed by atoms with E-state index in [9.17, 15) is 24.3 Å². The Morgan fingerprint density at radius 3 is 2.51 bits per heavy atom. The van der Waals surface area contributed by atoms with Gasteiger partial charge in [0, 0.05) is 69.7 Å². The molecule has 7 aliphatic rings. The van der Waals surface area contributed by atoms with Crippen LogP contribution in [0.25, 0.3) is 0 Å². The number of carbonyl (C=O) groups is 4. The summed E-state index contributed by atoms with van der Waals surface area (Å²) in [6.07, 6.45) is 8.28. The summed E-state index contributed by atoms with van der Waals surface area (Å²) in [6, 6.07) is -0.950. The molecule has 1 spiro atoms. The van der Waals surface area contributed by atoms with Crippen LogP contribution in [0.2, 0.25) is 0 Å². The quantitative estimate of drug-likeness (QED) is 0.486. The van der Waals surface area contributed by atoms with E-state index in [-0.39, 0.29) is 54.5 Å². The topological polar surface area (TPSA) is 132 Å². The maximum absolute atomic E-state index is 14.5. The minimum Gasteiger partial charge on any atom is -0.396 e. The number of rotatable bonds is 6. The van der Waals surface area contributed by atoms with Crippen LogP contribution in [0.4, 0.5) is 0 Å². The smallest absolute Gasteiger partial charge is 0.265 e. The lowest BCUT2D eigenvalue weighted by Gasteiger charge is -2.50. The Balaban J connectivity index is 1.22. The average molecular weight is 642 g/mol. The largest absolute Gasteiger partial charge is 0.396 e. The number of likely N-dealkylation sites (tertiary alicyclic amines) is 2. The lowest BCUT2D eigenvalue weighted by Crippen LogP contribution is -2.65. The standard InChI is InChI=1S/C33H47N5O6S/c1-32(2)24-25(32)30(42)38-17-33(18-38)16-37(29(41)23-11-34-19-45-23)13-22(33)28(40)35-26(27(24)44-15-20-7-4-3-5-8-20)31(43)36-10-6-9-21(12-36)14-39/h11,19-22,24-27,39H,3-10,12-18H2,1-2H3,(H,35,40)/t21-,22?,24?,25-,26+,27-/m1/s1. The molecule has 12 heteroatoms. The van der Waals surface area contributed by atoms with E-state index in [1.165, 1.54) is 30.6 Å². The van der Waals surface area contributed by atoms with Gasteiger partial charge in [-0.05, 0) is 42.9 Å². The summed E-state index contributed by atoms with van der Waals surface area (Å²) in [7, 11) is 0. The fourth-order valence-electron chi connectivity index (χ4n) is 9.27. The van der Waals surface area contributed by atoms with Crippen molar-refractivity contribution in [3.8, 4) is 0 Å². The predicted molar refractivity (Wildman–Crippen MR) is 166 cm³/mol. The summed E-state index contributed by atoms with van der Waals surface area (Å²) in [5.41, 5.74) is 0.675. The molecule has 1 aromatic heterocycles. The Kier molecular flexibility index (Phi) is 8.21. The van der Waals surface area contributed by atoms with E-state index in [0.717, 1.165) is 25.7 Å². The van der Waals surface area contributed by atoms with Gasteiger partial charge in [0.25, 0.3) is 5.91 Å². The molecule has 5 saturated heterocycles. The molecule has 2 saturated carbocycles. The molecule has 2 unspecified atom stereocenters. The lowest BCUT2D eigenvalue weighted by molar-refractivity contribution is -0.152. The summed E-state index contributed by atoms with van der Waals surface area (Å²) in [5, 5.41) is 13.1. The summed E-state index contributed by atoms with van der Waals surface area (Å²) < 4.78 is 6.77. The number of hydrogen-bond acceptors (Lipinski definition) is 8. The van der Waals surface area contributed by atoms with Gasteiger partial charge in [0.15, 0.2) is 0 Å². The van der Waals surface area contributed by atoms with E-state index < -0.39 is 28.9 Å². The van der Waals surface area contributed by atoms with E-state index in [0.29, 0.717) is 50.1 Å². The molecule has 2 bridgehead atoms. The van der Waals surface area contributed by atoms with Crippen molar-refractivity contribution in [1.82, 2.24) is 25.0 Å². The third-order valence-corrected chi connectivity index (χ3v) is 12.7. The molecule has 6 heterocycles. The Hall–Kier alpha value is -2.57. The number of ether oxygens (including phenoxy) is 1. The van der Waals surface area contributed by atoms with Crippen molar-refractivity contribution < 1.29 is 29.0 Å². The number of aliphatic hydroxyl groups is 1. The summed E-state index contributed by atoms with van der Waals surface area (Å²) in [6.45, 7) is 7.14. The zero-order valence-electron chi connectivity index (χ0n) is 26.5. The van der Waals surface area contributed by atoms with E-state index in [4.69, 9.17) is 4.74 Å². The number of thiazole rings is 1. The second kappa shape index (κ2) is 11.9. The minimum absolute atomic E-state index is 0.00105. The van der Waals surface area contributed by atoms with Gasteiger partial charge in [-0.3, -0.25) is 24.2 Å². The Labute approximate surface area is 269 Å². The molecule has 1 aromatic rings. The monoisotopic (exact) mass is 641 g/mol. The summed E-state index contributed by atoms with van der Waals surface area (Å²) in [4.78, 5) is 66.4. The highest BCUT2D eigenvalue weighted by Gasteiger charge is 2.70. The maximum Gasteiger partial charge on any atom is 0.265 e. The fraction of sp³-hybridized carbons (Fsp3) is 0.788. The predicted octanol–water partition coefficient (Wildman–Crippen LogP) is 2.01. The van der Waals surface area contributed by atoms with Crippen molar-refractivity contribution in [1.29, 1.82) is 0 Å². The molecule has 246 valence electrons. The second-order valence-electron chi connectivity index (χ2n) is 15.2. The van der Waals surface area contributed by atoms with E-state index in [1.54, 1.807) is 21.5 Å². The summed E-state index contributed by atoms with van der Waals surface area (Å²) >= 11 is 1.27. The molecular formula is C33H47N5O6S. The van der Waals surface area contributed by atoms with Gasteiger partial charge in [0.1, 0.15) is 10.9 Å². The number of hydrogen-bond donors (Lipinski definition) is 2. The number of fused-ring (bicyclic) bond motifs is 3. The van der Waals surface area contributed by atoms with Gasteiger partial charge in [0.05, 0.1) is 23.7 Å². The molecular weight excluding hydrogens is 594 g/mol. The second-order valence-corrected chi connectivity index (χ2v) is 16.1. The third-order valence-electron chi connectivity index (χ3n) is 12.0. The van der Waals surface area contributed by atoms with Crippen LogP contribution in [-0.2, 0) is 19.1 Å². The molecule has 45 heavy (non-hydrogen) atoms. The molecule has 7 fully saturated rings. The number of aliphatic hydroxyl groups excluding tert-OH is 1. The van der Waals surface area contributed by atoms with Gasteiger partial charge in [-0.2, -0.15) is 0 Å². The van der Waals surface area contributed by atoms with Gasteiger partial charge < -0.3 is 29.9 Å². The molecule has 0 radical (unpaired) electrons. The molecule has 4 amide bonds. The molecule has 8 rings (SSSR count). The van der Waals surface area contributed by atoms with E-state index >= 15 is 0 Å². The first-order valence-corrected chi connectivity index (χ1v) is 17.8. The zero-order chi connectivity index (χ0) is 31.5. The molecule has 11 nitrogen and oxygen atoms in total. The van der Waals surface area contributed by atoms with Crippen LogP contribution in [0.1, 0.15) is 68.5 Å². The number of carbonyl (C=O) groups excluding carboxylic acids is 4. The van der Waals surface area contributed by atoms with Gasteiger partial charge in [-0.15, -0.1) is 11.3 Å². The fourth-order valence-corrected chi connectivity index (χ4v) is 9.86. The zero-order valence-corrected chi connectivity index (χ0v) is 27.3. The molecule has 2 aliphatic carbocycles. The van der Waals surface area contributed by atoms with E-state index in [1.807, 2.05) is 4.90 Å². The molecule has 2 N–H and O–H groups in total. The number of piperidine rings is 1. The third kappa shape index (κ3) is 5.48. The first-order valence-electron chi connectivity index (χ1n) is 16.9. The van der Waals surface area contributed by atoms with Crippen LogP contribution in [-0.4, -0.2) is 113 Å². The molecule has 0 aromatic carbocycles. The van der Waals surface area contributed by atoms with Crippen molar-refractivity contribution in [3.05, 3.63) is 16.6 Å². The number of nitrogens with zero attached hydrogens (tertiary/aromatic N) is 4. The van der Waals surface area contributed by atoms with Crippen LogP contribution in [0.15, 0.2) is 11.7 Å². The number of amides is 4. The first kappa shape index (κ1) is 31.1. The minimum atomic E-state index is -0.950. The van der Waals surface area contributed by atoms with Crippen molar-refractivity contribution in [3.63, 3.8) is 0 Å². The SMILES string of the molecule is CC1(C)C2[C@@H](OCC3CCCCC3)[C@@H](C(=O)N3CCC[C@@H](CO)C3)NC(=O)C3CN(C(=O)c4cncs4)CC34CN(C4)C(=O)[C@@H]21. The lowest BCUT2D eigenvalue weighted by atomic mass is 9.71. The van der Waals surface area contributed by atoms with Crippen LogP contribution in [0.3, 0.4) is 0 Å². The van der Waals surface area contributed by atoms with Crippen LogP contribution in [0, 0.1) is 40.4 Å². The highest BCUT2D eigenvalue weighted by molar-refractivity contribution is 7.11. The van der Waals surface area contributed by atoms with Gasteiger partial charge in [-0.25, -0.2) is 0 Å². The molecule has 6 atom stereocenters. The van der Waals surface area contributed by atoms with Crippen molar-refractivity contribution in [2.75, 3.05) is 52.5 Å². The van der Waals surface area contributed by atoms with Gasteiger partial charge in [0.2, 0.25) is 17.7 Å². The average Bonchev–Trinajstić information content (AvgIpc) is 3.43. The Morgan fingerprint density at radius 1 is 1.04 bits per heavy atom. The van der Waals surface area contributed by atoms with Crippen molar-refractivity contribution in [2.45, 2.75) is 70.9 Å². The van der Waals surface area contributed by atoms with Crippen LogP contribution >= 0.6 is 11.3 Å². The van der Waals surface area contributed by atoms with E-state index in [2.05, 4.69) is 24.1 Å². The van der Waals surface area contributed by atoms with Crippen LogP contribution in [0.5, 0.6) is 0 Å². The number of aromatic nitrogens is 1. The summed E-state index contributed by atoms with van der Waals surface area (Å²) in [5.74, 6) is -1.21. The highest BCUT2D eigenvalue weighted by Crippen LogP contribution is 2.63. The van der Waals surface area contributed by atoms with Gasteiger partial charge in [-0.1, -0.05) is 33.1 Å². The Bertz CT molecular complexity index is 1310. The Morgan fingerprint density at radius 2 is 1.80 bits per heavy atom. The van der Waals surface area contributed by atoms with Crippen molar-refractivity contribution >= 4 is 35.0 Å². The number of nitrogens with one attached hydrogen (secondary N) is 1.